The molecule has 0 radical (unpaired) electrons. The molecule has 2 aromatic rings. The van der Waals surface area contributed by atoms with Crippen LogP contribution in [-0.4, -0.2) is 66.1 Å². The molecule has 1 aromatic carbocycles. The van der Waals surface area contributed by atoms with Gasteiger partial charge in [-0.2, -0.15) is 0 Å². The fraction of sp³-hybridized carbons (Fsp3) is 0.455. The molecule has 2 amide bonds. The maximum atomic E-state index is 12.7. The minimum Gasteiger partial charge on any atom is -0.378 e. The van der Waals surface area contributed by atoms with Crippen molar-refractivity contribution < 1.29 is 14.3 Å². The van der Waals surface area contributed by atoms with Crippen LogP contribution in [0.15, 0.2) is 42.9 Å². The molecule has 1 atom stereocenters. The van der Waals surface area contributed by atoms with Gasteiger partial charge in [-0.05, 0) is 30.5 Å². The van der Waals surface area contributed by atoms with Crippen molar-refractivity contribution in [2.24, 2.45) is 5.92 Å². The number of anilines is 1. The number of rotatable bonds is 5. The molecule has 3 heterocycles. The van der Waals surface area contributed by atoms with E-state index < -0.39 is 0 Å². The van der Waals surface area contributed by atoms with Crippen LogP contribution in [0.25, 0.3) is 0 Å². The van der Waals surface area contributed by atoms with Gasteiger partial charge in [0.2, 0.25) is 5.91 Å². The Bertz CT molecular complexity index is 853. The van der Waals surface area contributed by atoms with Crippen LogP contribution in [0, 0.1) is 5.92 Å². The van der Waals surface area contributed by atoms with E-state index in [0.29, 0.717) is 45.0 Å². The SMILES string of the molecule is O=C(NCc1ccc(C(=O)N2CCOCC2)cc1)C1CCCN(c2cnccn2)C1. The zero-order valence-corrected chi connectivity index (χ0v) is 17.0. The Morgan fingerprint density at radius 3 is 2.63 bits per heavy atom. The normalized spacial score (nSPS) is 19.4. The zero-order valence-electron chi connectivity index (χ0n) is 17.0. The lowest BCUT2D eigenvalue weighted by Gasteiger charge is -2.32. The number of ether oxygens (including phenoxy) is 1. The highest BCUT2D eigenvalue weighted by Crippen LogP contribution is 2.21. The van der Waals surface area contributed by atoms with E-state index in [2.05, 4.69) is 20.2 Å². The quantitative estimate of drug-likeness (QED) is 0.805. The van der Waals surface area contributed by atoms with E-state index in [4.69, 9.17) is 4.74 Å². The number of carbonyl (C=O) groups excluding carboxylic acids is 2. The van der Waals surface area contributed by atoms with Gasteiger partial charge in [-0.1, -0.05) is 12.1 Å². The Morgan fingerprint density at radius 1 is 1.10 bits per heavy atom. The molecule has 0 saturated carbocycles. The minimum absolute atomic E-state index is 0.0280. The molecular weight excluding hydrogens is 382 g/mol. The maximum absolute atomic E-state index is 12.7. The third-order valence-electron chi connectivity index (χ3n) is 5.63. The number of nitrogens with one attached hydrogen (secondary N) is 1. The van der Waals surface area contributed by atoms with Gasteiger partial charge in [-0.25, -0.2) is 4.98 Å². The molecule has 0 aliphatic carbocycles. The predicted octanol–water partition coefficient (Wildman–Crippen LogP) is 1.48. The number of morpholine rings is 1. The third-order valence-corrected chi connectivity index (χ3v) is 5.63. The second-order valence-electron chi connectivity index (χ2n) is 7.67. The van der Waals surface area contributed by atoms with Crippen molar-refractivity contribution in [3.63, 3.8) is 0 Å². The molecule has 1 N–H and O–H groups in total. The highest BCUT2D eigenvalue weighted by Gasteiger charge is 2.26. The van der Waals surface area contributed by atoms with Gasteiger partial charge in [0.25, 0.3) is 5.91 Å². The van der Waals surface area contributed by atoms with Crippen LogP contribution in [0.3, 0.4) is 0 Å². The van der Waals surface area contributed by atoms with Crippen LogP contribution in [0.1, 0.15) is 28.8 Å². The average Bonchev–Trinajstić information content (AvgIpc) is 2.83. The fourth-order valence-corrected chi connectivity index (χ4v) is 3.90. The Hall–Kier alpha value is -3.00. The van der Waals surface area contributed by atoms with Crippen molar-refractivity contribution in [2.75, 3.05) is 44.3 Å². The molecular formula is C22H27N5O3. The summed E-state index contributed by atoms with van der Waals surface area (Å²) in [5, 5.41) is 3.04. The first-order valence-corrected chi connectivity index (χ1v) is 10.5. The second-order valence-corrected chi connectivity index (χ2v) is 7.67. The molecule has 2 fully saturated rings. The van der Waals surface area contributed by atoms with Gasteiger partial charge in [-0.3, -0.25) is 14.6 Å². The Labute approximate surface area is 176 Å². The van der Waals surface area contributed by atoms with E-state index in [1.807, 2.05) is 29.2 Å². The first-order valence-electron chi connectivity index (χ1n) is 10.5. The summed E-state index contributed by atoms with van der Waals surface area (Å²) >= 11 is 0. The number of piperidine rings is 1. The number of benzene rings is 1. The molecule has 2 aliphatic heterocycles. The Kier molecular flexibility index (Phi) is 6.53. The number of amides is 2. The van der Waals surface area contributed by atoms with E-state index in [1.165, 1.54) is 0 Å². The zero-order chi connectivity index (χ0) is 20.8. The molecule has 1 unspecified atom stereocenters. The number of hydrogen-bond acceptors (Lipinski definition) is 6. The van der Waals surface area contributed by atoms with Gasteiger partial charge in [0.15, 0.2) is 0 Å². The van der Waals surface area contributed by atoms with E-state index in [0.717, 1.165) is 30.8 Å². The van der Waals surface area contributed by atoms with Crippen molar-refractivity contribution in [3.05, 3.63) is 54.0 Å². The van der Waals surface area contributed by atoms with Crippen molar-refractivity contribution in [2.45, 2.75) is 19.4 Å². The van der Waals surface area contributed by atoms with Gasteiger partial charge in [0.05, 0.1) is 25.3 Å². The highest BCUT2D eigenvalue weighted by atomic mass is 16.5. The Balaban J connectivity index is 1.28. The topological polar surface area (TPSA) is 87.7 Å². The van der Waals surface area contributed by atoms with Crippen molar-refractivity contribution in [3.8, 4) is 0 Å². The summed E-state index contributed by atoms with van der Waals surface area (Å²) in [7, 11) is 0. The summed E-state index contributed by atoms with van der Waals surface area (Å²) in [5.41, 5.74) is 1.64. The second kappa shape index (κ2) is 9.67. The summed E-state index contributed by atoms with van der Waals surface area (Å²) in [6.07, 6.45) is 6.88. The average molecular weight is 409 g/mol. The van der Waals surface area contributed by atoms with Crippen molar-refractivity contribution in [1.82, 2.24) is 20.2 Å². The lowest BCUT2D eigenvalue weighted by molar-refractivity contribution is -0.125. The van der Waals surface area contributed by atoms with E-state index >= 15 is 0 Å². The lowest BCUT2D eigenvalue weighted by Crippen LogP contribution is -2.43. The first kappa shape index (κ1) is 20.3. The summed E-state index contributed by atoms with van der Waals surface area (Å²) in [5.74, 6) is 0.829. The minimum atomic E-state index is -0.0667. The number of nitrogens with zero attached hydrogens (tertiary/aromatic N) is 4. The summed E-state index contributed by atoms with van der Waals surface area (Å²) in [4.78, 5) is 37.6. The molecule has 8 heteroatoms. The lowest BCUT2D eigenvalue weighted by atomic mass is 9.97. The molecule has 2 saturated heterocycles. The van der Waals surface area contributed by atoms with E-state index in [9.17, 15) is 9.59 Å². The molecule has 1 aromatic heterocycles. The van der Waals surface area contributed by atoms with Gasteiger partial charge in [0.1, 0.15) is 5.82 Å². The summed E-state index contributed by atoms with van der Waals surface area (Å²) in [6, 6.07) is 7.47. The predicted molar refractivity (Wildman–Crippen MR) is 112 cm³/mol. The monoisotopic (exact) mass is 409 g/mol. The smallest absolute Gasteiger partial charge is 0.254 e. The molecule has 0 bridgehead atoms. The van der Waals surface area contributed by atoms with Gasteiger partial charge in [0, 0.05) is 50.7 Å². The van der Waals surface area contributed by atoms with Gasteiger partial charge < -0.3 is 19.9 Å². The third kappa shape index (κ3) is 4.94. The van der Waals surface area contributed by atoms with Crippen LogP contribution < -0.4 is 10.2 Å². The molecule has 8 nitrogen and oxygen atoms in total. The number of aromatic nitrogens is 2. The molecule has 4 rings (SSSR count). The maximum Gasteiger partial charge on any atom is 0.254 e. The highest BCUT2D eigenvalue weighted by molar-refractivity contribution is 5.94. The molecule has 158 valence electrons. The van der Waals surface area contributed by atoms with Crippen LogP contribution >= 0.6 is 0 Å². The van der Waals surface area contributed by atoms with Crippen LogP contribution in [0.5, 0.6) is 0 Å². The van der Waals surface area contributed by atoms with Crippen LogP contribution in [-0.2, 0) is 16.1 Å². The first-order chi connectivity index (χ1) is 14.7. The molecule has 2 aliphatic rings. The standard InChI is InChI=1S/C22H27N5O3/c28-21(19-2-1-9-27(16-19)20-15-23-7-8-24-20)25-14-17-3-5-18(6-4-17)22(29)26-10-12-30-13-11-26/h3-8,15,19H,1-2,9-14,16H2,(H,25,28). The Morgan fingerprint density at radius 2 is 1.90 bits per heavy atom. The van der Waals surface area contributed by atoms with Crippen LogP contribution in [0.4, 0.5) is 5.82 Å². The largest absolute Gasteiger partial charge is 0.378 e. The van der Waals surface area contributed by atoms with Crippen molar-refractivity contribution in [1.29, 1.82) is 0 Å². The van der Waals surface area contributed by atoms with Gasteiger partial charge in [-0.15, -0.1) is 0 Å². The number of hydrogen-bond donors (Lipinski definition) is 1. The number of carbonyl (C=O) groups is 2. The summed E-state index contributed by atoms with van der Waals surface area (Å²) in [6.45, 7) is 4.43. The van der Waals surface area contributed by atoms with E-state index in [-0.39, 0.29) is 17.7 Å². The fourth-order valence-electron chi connectivity index (χ4n) is 3.90. The molecule has 30 heavy (non-hydrogen) atoms. The van der Waals surface area contributed by atoms with E-state index in [1.54, 1.807) is 18.6 Å². The van der Waals surface area contributed by atoms with Crippen molar-refractivity contribution >= 4 is 17.6 Å². The molecule has 0 spiro atoms. The summed E-state index contributed by atoms with van der Waals surface area (Å²) < 4.78 is 5.30. The van der Waals surface area contributed by atoms with Crippen LogP contribution in [0.2, 0.25) is 0 Å². The van der Waals surface area contributed by atoms with Gasteiger partial charge >= 0.3 is 0 Å².